The van der Waals surface area contributed by atoms with Gasteiger partial charge in [-0.3, -0.25) is 4.79 Å². The van der Waals surface area contributed by atoms with Gasteiger partial charge < -0.3 is 10.6 Å². The fourth-order valence-electron chi connectivity index (χ4n) is 2.31. The highest BCUT2D eigenvalue weighted by molar-refractivity contribution is 7.16. The maximum atomic E-state index is 12.4. The Morgan fingerprint density at radius 3 is 2.63 bits per heavy atom. The maximum Gasteiger partial charge on any atom is 0.231 e. The van der Waals surface area contributed by atoms with Crippen LogP contribution in [0.2, 0.25) is 0 Å². The van der Waals surface area contributed by atoms with Gasteiger partial charge in [0.1, 0.15) is 11.1 Å². The average molecular weight is 277 g/mol. The van der Waals surface area contributed by atoms with Crippen molar-refractivity contribution in [3.8, 4) is 6.07 Å². The van der Waals surface area contributed by atoms with Crippen molar-refractivity contribution in [2.75, 3.05) is 18.4 Å². The number of rotatable bonds is 2. The van der Waals surface area contributed by atoms with Crippen molar-refractivity contribution in [3.63, 3.8) is 0 Å². The van der Waals surface area contributed by atoms with Crippen molar-refractivity contribution in [3.05, 3.63) is 16.0 Å². The minimum absolute atomic E-state index is 0.0340. The Labute approximate surface area is 117 Å². The molecule has 0 unspecified atom stereocenters. The lowest BCUT2D eigenvalue weighted by Gasteiger charge is -2.32. The highest BCUT2D eigenvalue weighted by Crippen LogP contribution is 2.35. The van der Waals surface area contributed by atoms with Crippen molar-refractivity contribution < 1.29 is 4.79 Å². The van der Waals surface area contributed by atoms with Gasteiger partial charge in [-0.1, -0.05) is 6.92 Å². The van der Waals surface area contributed by atoms with Crippen LogP contribution in [0.15, 0.2) is 0 Å². The van der Waals surface area contributed by atoms with Crippen LogP contribution in [-0.2, 0) is 4.79 Å². The van der Waals surface area contributed by atoms with Gasteiger partial charge in [-0.15, -0.1) is 11.3 Å². The van der Waals surface area contributed by atoms with Crippen LogP contribution in [0.25, 0.3) is 0 Å². The predicted octanol–water partition coefficient (Wildman–Crippen LogP) is 2.56. The molecule has 0 bridgehead atoms. The largest absolute Gasteiger partial charge is 0.317 e. The van der Waals surface area contributed by atoms with E-state index in [-0.39, 0.29) is 11.3 Å². The number of anilines is 1. The molecular weight excluding hydrogens is 258 g/mol. The quantitative estimate of drug-likeness (QED) is 0.873. The summed E-state index contributed by atoms with van der Waals surface area (Å²) in [4.78, 5) is 13.5. The van der Waals surface area contributed by atoms with Gasteiger partial charge in [0, 0.05) is 10.3 Å². The second-order valence-corrected chi connectivity index (χ2v) is 6.59. The second-order valence-electron chi connectivity index (χ2n) is 5.36. The SMILES string of the molecule is Cc1sc(NC(=O)C2(C)CCNCC2)c(C#N)c1C. The number of piperidine rings is 1. The van der Waals surface area contributed by atoms with E-state index in [0.717, 1.165) is 36.4 Å². The predicted molar refractivity (Wildman–Crippen MR) is 77.3 cm³/mol. The van der Waals surface area contributed by atoms with E-state index in [9.17, 15) is 10.1 Å². The number of thiophene rings is 1. The first-order valence-corrected chi connectivity index (χ1v) is 7.32. The van der Waals surface area contributed by atoms with Crippen LogP contribution < -0.4 is 10.6 Å². The van der Waals surface area contributed by atoms with E-state index in [1.54, 1.807) is 0 Å². The zero-order chi connectivity index (χ0) is 14.0. The summed E-state index contributed by atoms with van der Waals surface area (Å²) in [6.45, 7) is 7.65. The molecule has 2 rings (SSSR count). The highest BCUT2D eigenvalue weighted by Gasteiger charge is 2.35. The third-order valence-electron chi connectivity index (χ3n) is 3.98. The van der Waals surface area contributed by atoms with E-state index in [2.05, 4.69) is 16.7 Å². The number of nitriles is 1. The Kier molecular flexibility index (Phi) is 3.93. The van der Waals surface area contributed by atoms with E-state index >= 15 is 0 Å². The molecule has 1 amide bonds. The Morgan fingerprint density at radius 2 is 2.05 bits per heavy atom. The zero-order valence-electron chi connectivity index (χ0n) is 11.6. The number of nitrogens with zero attached hydrogens (tertiary/aromatic N) is 1. The monoisotopic (exact) mass is 277 g/mol. The number of hydrogen-bond donors (Lipinski definition) is 2. The maximum absolute atomic E-state index is 12.4. The number of aryl methyl sites for hydroxylation is 1. The Hall–Kier alpha value is -1.38. The Morgan fingerprint density at radius 1 is 1.42 bits per heavy atom. The molecule has 0 radical (unpaired) electrons. The van der Waals surface area contributed by atoms with Crippen LogP contribution in [0.1, 0.15) is 35.8 Å². The third kappa shape index (κ3) is 2.65. The van der Waals surface area contributed by atoms with Gasteiger partial charge in [-0.25, -0.2) is 0 Å². The molecule has 19 heavy (non-hydrogen) atoms. The van der Waals surface area contributed by atoms with Crippen molar-refractivity contribution in [1.82, 2.24) is 5.32 Å². The molecule has 2 N–H and O–H groups in total. The van der Waals surface area contributed by atoms with E-state index in [0.29, 0.717) is 10.6 Å². The van der Waals surface area contributed by atoms with Crippen molar-refractivity contribution in [2.45, 2.75) is 33.6 Å². The van der Waals surface area contributed by atoms with Crippen LogP contribution >= 0.6 is 11.3 Å². The van der Waals surface area contributed by atoms with Crippen LogP contribution in [0.3, 0.4) is 0 Å². The molecule has 2 heterocycles. The van der Waals surface area contributed by atoms with Crippen LogP contribution in [-0.4, -0.2) is 19.0 Å². The van der Waals surface area contributed by atoms with Gasteiger partial charge in [0.15, 0.2) is 0 Å². The number of hydrogen-bond acceptors (Lipinski definition) is 4. The Balaban J connectivity index is 2.20. The fraction of sp³-hybridized carbons (Fsp3) is 0.571. The van der Waals surface area contributed by atoms with E-state index in [4.69, 9.17) is 0 Å². The summed E-state index contributed by atoms with van der Waals surface area (Å²) >= 11 is 1.49. The minimum Gasteiger partial charge on any atom is -0.317 e. The molecule has 0 aromatic carbocycles. The number of carbonyl (C=O) groups is 1. The number of carbonyl (C=O) groups excluding carboxylic acids is 1. The van der Waals surface area contributed by atoms with Crippen LogP contribution in [0, 0.1) is 30.6 Å². The van der Waals surface area contributed by atoms with Gasteiger partial charge in [0.05, 0.1) is 5.56 Å². The first kappa shape index (κ1) is 14.0. The molecule has 0 aliphatic carbocycles. The van der Waals surface area contributed by atoms with E-state index < -0.39 is 0 Å². The topological polar surface area (TPSA) is 64.9 Å². The van der Waals surface area contributed by atoms with Gasteiger partial charge in [-0.05, 0) is 45.3 Å². The van der Waals surface area contributed by atoms with Gasteiger partial charge in [0.25, 0.3) is 0 Å². The van der Waals surface area contributed by atoms with Crippen molar-refractivity contribution in [2.24, 2.45) is 5.41 Å². The molecular formula is C14H19N3OS. The molecule has 102 valence electrons. The standard InChI is InChI=1S/C14H19N3OS/c1-9-10(2)19-12(11(9)8-15)17-13(18)14(3)4-6-16-7-5-14/h16H,4-7H2,1-3H3,(H,17,18). The van der Waals surface area contributed by atoms with Gasteiger partial charge >= 0.3 is 0 Å². The molecule has 5 heteroatoms. The number of amides is 1. The lowest BCUT2D eigenvalue weighted by atomic mass is 9.80. The Bertz CT molecular complexity index is 536. The summed E-state index contributed by atoms with van der Waals surface area (Å²) in [5.74, 6) is 0.0340. The summed E-state index contributed by atoms with van der Waals surface area (Å²) in [5, 5.41) is 16.1. The molecule has 0 spiro atoms. The van der Waals surface area contributed by atoms with Crippen molar-refractivity contribution in [1.29, 1.82) is 5.26 Å². The zero-order valence-corrected chi connectivity index (χ0v) is 12.4. The average Bonchev–Trinajstić information content (AvgIpc) is 2.65. The summed E-state index contributed by atoms with van der Waals surface area (Å²) < 4.78 is 0. The third-order valence-corrected chi connectivity index (χ3v) is 5.10. The lowest BCUT2D eigenvalue weighted by molar-refractivity contribution is -0.126. The van der Waals surface area contributed by atoms with Gasteiger partial charge in [0.2, 0.25) is 5.91 Å². The second kappa shape index (κ2) is 5.32. The normalized spacial score (nSPS) is 17.8. The van der Waals surface area contributed by atoms with E-state index in [1.807, 2.05) is 20.8 Å². The van der Waals surface area contributed by atoms with Crippen molar-refractivity contribution >= 4 is 22.2 Å². The van der Waals surface area contributed by atoms with Crippen LogP contribution in [0.4, 0.5) is 5.00 Å². The molecule has 4 nitrogen and oxygen atoms in total. The molecule has 1 aliphatic heterocycles. The highest BCUT2D eigenvalue weighted by atomic mass is 32.1. The molecule has 1 aliphatic rings. The smallest absolute Gasteiger partial charge is 0.231 e. The lowest BCUT2D eigenvalue weighted by Crippen LogP contribution is -2.42. The molecule has 1 aromatic rings. The van der Waals surface area contributed by atoms with Crippen LogP contribution in [0.5, 0.6) is 0 Å². The number of nitrogens with one attached hydrogen (secondary N) is 2. The molecule has 0 saturated carbocycles. The van der Waals surface area contributed by atoms with Gasteiger partial charge in [-0.2, -0.15) is 5.26 Å². The molecule has 1 aromatic heterocycles. The molecule has 0 atom stereocenters. The minimum atomic E-state index is -0.330. The fourth-order valence-corrected chi connectivity index (χ4v) is 3.32. The molecule has 1 saturated heterocycles. The first-order chi connectivity index (χ1) is 8.98. The summed E-state index contributed by atoms with van der Waals surface area (Å²) in [6.07, 6.45) is 1.67. The molecule has 1 fully saturated rings. The van der Waals surface area contributed by atoms with E-state index in [1.165, 1.54) is 11.3 Å². The summed E-state index contributed by atoms with van der Waals surface area (Å²) in [6, 6.07) is 2.19. The first-order valence-electron chi connectivity index (χ1n) is 6.50. The summed E-state index contributed by atoms with van der Waals surface area (Å²) in [5.41, 5.74) is 1.25. The summed E-state index contributed by atoms with van der Waals surface area (Å²) in [7, 11) is 0.